The minimum atomic E-state index is -0.868. The maximum atomic E-state index is 12.3. The first kappa shape index (κ1) is 12.7. The van der Waals surface area contributed by atoms with E-state index in [0.717, 1.165) is 24.8 Å². The Morgan fingerprint density at radius 3 is 2.75 bits per heavy atom. The van der Waals surface area contributed by atoms with Crippen LogP contribution in [0.5, 0.6) is 0 Å². The predicted molar refractivity (Wildman–Crippen MR) is 73.7 cm³/mol. The van der Waals surface area contributed by atoms with Crippen molar-refractivity contribution >= 4 is 17.4 Å². The molecule has 20 heavy (non-hydrogen) atoms. The van der Waals surface area contributed by atoms with E-state index in [9.17, 15) is 9.59 Å². The molecule has 1 amide bonds. The molecule has 1 saturated carbocycles. The van der Waals surface area contributed by atoms with Crippen LogP contribution in [0.25, 0.3) is 5.52 Å². The molecule has 5 heteroatoms. The van der Waals surface area contributed by atoms with Crippen LogP contribution in [0, 0.1) is 0 Å². The monoisotopic (exact) mass is 272 g/mol. The summed E-state index contributed by atoms with van der Waals surface area (Å²) in [5, 5.41) is 11.9. The number of hydrogen-bond acceptors (Lipinski definition) is 2. The van der Waals surface area contributed by atoms with E-state index in [1.807, 2.05) is 34.9 Å². The number of carboxylic acids is 1. The van der Waals surface area contributed by atoms with Gasteiger partial charge in [-0.2, -0.15) is 0 Å². The molecule has 1 aliphatic carbocycles. The molecule has 2 aromatic heterocycles. The highest BCUT2D eigenvalue weighted by Crippen LogP contribution is 2.35. The fraction of sp³-hybridized carbons (Fsp3) is 0.333. The number of aromatic nitrogens is 1. The molecule has 0 atom stereocenters. The van der Waals surface area contributed by atoms with Crippen LogP contribution < -0.4 is 5.32 Å². The van der Waals surface area contributed by atoms with Crippen LogP contribution in [-0.2, 0) is 4.79 Å². The van der Waals surface area contributed by atoms with Crippen LogP contribution in [0.1, 0.15) is 36.0 Å². The first-order chi connectivity index (χ1) is 9.58. The Balaban J connectivity index is 1.80. The summed E-state index contributed by atoms with van der Waals surface area (Å²) in [6, 6.07) is 7.54. The Morgan fingerprint density at radius 1 is 1.35 bits per heavy atom. The van der Waals surface area contributed by atoms with Crippen LogP contribution in [-0.4, -0.2) is 26.9 Å². The highest BCUT2D eigenvalue weighted by Gasteiger charge is 2.40. The first-order valence-electron chi connectivity index (χ1n) is 6.69. The zero-order valence-corrected chi connectivity index (χ0v) is 11.0. The van der Waals surface area contributed by atoms with E-state index < -0.39 is 11.5 Å². The number of nitrogens with zero attached hydrogens (tertiary/aromatic N) is 1. The number of rotatable bonds is 4. The summed E-state index contributed by atoms with van der Waals surface area (Å²) in [6.07, 6.45) is 6.06. The van der Waals surface area contributed by atoms with Gasteiger partial charge in [-0.3, -0.25) is 9.59 Å². The number of aliphatic carboxylic acids is 1. The van der Waals surface area contributed by atoms with Crippen molar-refractivity contribution in [2.45, 2.75) is 31.2 Å². The third-order valence-corrected chi connectivity index (χ3v) is 3.95. The van der Waals surface area contributed by atoms with Gasteiger partial charge in [0.15, 0.2) is 0 Å². The number of amides is 1. The lowest BCUT2D eigenvalue weighted by molar-refractivity contribution is -0.139. The van der Waals surface area contributed by atoms with E-state index in [1.54, 1.807) is 6.20 Å². The second kappa shape index (κ2) is 4.67. The summed E-state index contributed by atoms with van der Waals surface area (Å²) in [5.41, 5.74) is 0.947. The van der Waals surface area contributed by atoms with Gasteiger partial charge >= 0.3 is 5.97 Å². The summed E-state index contributed by atoms with van der Waals surface area (Å²) in [6.45, 7) is 0. The SMILES string of the molecule is O=C(O)CC1(NC(=O)c2cc3ccccn3c2)CCC1. The fourth-order valence-corrected chi connectivity index (χ4v) is 2.73. The lowest BCUT2D eigenvalue weighted by Gasteiger charge is -2.41. The summed E-state index contributed by atoms with van der Waals surface area (Å²) < 4.78 is 1.87. The Kier molecular flexibility index (Phi) is 2.97. The van der Waals surface area contributed by atoms with Crippen molar-refractivity contribution in [1.29, 1.82) is 0 Å². The molecule has 0 aromatic carbocycles. The Labute approximate surface area is 116 Å². The van der Waals surface area contributed by atoms with Crippen LogP contribution in [0.3, 0.4) is 0 Å². The summed E-state index contributed by atoms with van der Waals surface area (Å²) in [7, 11) is 0. The largest absolute Gasteiger partial charge is 0.481 e. The first-order valence-corrected chi connectivity index (χ1v) is 6.69. The smallest absolute Gasteiger partial charge is 0.305 e. The van der Waals surface area contributed by atoms with Crippen molar-refractivity contribution in [2.24, 2.45) is 0 Å². The molecular formula is C15H16N2O3. The molecule has 0 unspecified atom stereocenters. The number of nitrogens with one attached hydrogen (secondary N) is 1. The molecule has 1 fully saturated rings. The van der Waals surface area contributed by atoms with Gasteiger partial charge in [0, 0.05) is 17.9 Å². The molecule has 0 spiro atoms. The maximum absolute atomic E-state index is 12.3. The van der Waals surface area contributed by atoms with Gasteiger partial charge in [-0.1, -0.05) is 6.07 Å². The molecule has 104 valence electrons. The third-order valence-electron chi connectivity index (χ3n) is 3.95. The van der Waals surface area contributed by atoms with Crippen molar-refractivity contribution in [3.8, 4) is 0 Å². The highest BCUT2D eigenvalue weighted by molar-refractivity contribution is 5.96. The molecule has 0 bridgehead atoms. The Bertz CT molecular complexity index is 638. The number of pyridine rings is 1. The topological polar surface area (TPSA) is 70.8 Å². The Hall–Kier alpha value is -2.30. The van der Waals surface area contributed by atoms with Crippen LogP contribution in [0.4, 0.5) is 0 Å². The lowest BCUT2D eigenvalue weighted by atomic mass is 9.74. The standard InChI is InChI=1S/C15H16N2O3/c18-13(19)9-15(5-3-6-15)16-14(20)11-8-12-4-1-2-7-17(12)10-11/h1-2,4,7-8,10H,3,5-6,9H2,(H,16,20)(H,18,19). The van der Waals surface area contributed by atoms with Crippen LogP contribution >= 0.6 is 0 Å². The van der Waals surface area contributed by atoms with Crippen molar-refractivity contribution in [2.75, 3.05) is 0 Å². The second-order valence-electron chi connectivity index (χ2n) is 5.42. The predicted octanol–water partition coefficient (Wildman–Crippen LogP) is 2.07. The summed E-state index contributed by atoms with van der Waals surface area (Å²) in [5.74, 6) is -1.07. The molecule has 1 aliphatic rings. The van der Waals surface area contributed by atoms with Gasteiger partial charge in [0.05, 0.1) is 17.5 Å². The van der Waals surface area contributed by atoms with E-state index in [2.05, 4.69) is 5.32 Å². The minimum Gasteiger partial charge on any atom is -0.481 e. The molecule has 5 nitrogen and oxygen atoms in total. The number of fused-ring (bicyclic) bond motifs is 1. The van der Waals surface area contributed by atoms with E-state index >= 15 is 0 Å². The lowest BCUT2D eigenvalue weighted by Crippen LogP contribution is -2.54. The quantitative estimate of drug-likeness (QED) is 0.895. The average molecular weight is 272 g/mol. The number of hydrogen-bond donors (Lipinski definition) is 2. The van der Waals surface area contributed by atoms with Gasteiger partial charge < -0.3 is 14.8 Å². The number of carbonyl (C=O) groups is 2. The fourth-order valence-electron chi connectivity index (χ4n) is 2.73. The summed E-state index contributed by atoms with van der Waals surface area (Å²) in [4.78, 5) is 23.2. The molecule has 2 heterocycles. The molecule has 2 N–H and O–H groups in total. The maximum Gasteiger partial charge on any atom is 0.305 e. The van der Waals surface area contributed by atoms with Gasteiger partial charge in [0.2, 0.25) is 0 Å². The zero-order valence-electron chi connectivity index (χ0n) is 11.0. The van der Waals surface area contributed by atoms with E-state index in [-0.39, 0.29) is 12.3 Å². The van der Waals surface area contributed by atoms with Gasteiger partial charge in [-0.25, -0.2) is 0 Å². The van der Waals surface area contributed by atoms with Gasteiger partial charge in [0.1, 0.15) is 0 Å². The van der Waals surface area contributed by atoms with Crippen molar-refractivity contribution in [1.82, 2.24) is 9.72 Å². The highest BCUT2D eigenvalue weighted by atomic mass is 16.4. The van der Waals surface area contributed by atoms with Crippen molar-refractivity contribution in [3.05, 3.63) is 42.2 Å². The molecule has 0 aliphatic heterocycles. The van der Waals surface area contributed by atoms with E-state index in [0.29, 0.717) is 5.56 Å². The molecule has 0 radical (unpaired) electrons. The number of carboxylic acid groups (broad SMARTS) is 1. The van der Waals surface area contributed by atoms with E-state index in [4.69, 9.17) is 5.11 Å². The average Bonchev–Trinajstić information content (AvgIpc) is 2.79. The van der Waals surface area contributed by atoms with Crippen LogP contribution in [0.15, 0.2) is 36.7 Å². The Morgan fingerprint density at radius 2 is 2.15 bits per heavy atom. The van der Waals surface area contributed by atoms with Crippen molar-refractivity contribution in [3.63, 3.8) is 0 Å². The molecular weight excluding hydrogens is 256 g/mol. The van der Waals surface area contributed by atoms with Gasteiger partial charge in [0.25, 0.3) is 5.91 Å². The van der Waals surface area contributed by atoms with Gasteiger partial charge in [-0.15, -0.1) is 0 Å². The second-order valence-corrected chi connectivity index (χ2v) is 5.42. The molecule has 2 aromatic rings. The van der Waals surface area contributed by atoms with Gasteiger partial charge in [-0.05, 0) is 37.5 Å². The zero-order chi connectivity index (χ0) is 14.2. The minimum absolute atomic E-state index is 0.00783. The van der Waals surface area contributed by atoms with Crippen LogP contribution in [0.2, 0.25) is 0 Å². The normalized spacial score (nSPS) is 16.6. The summed E-state index contributed by atoms with van der Waals surface area (Å²) >= 11 is 0. The number of carbonyl (C=O) groups excluding carboxylic acids is 1. The van der Waals surface area contributed by atoms with E-state index in [1.165, 1.54) is 0 Å². The third kappa shape index (κ3) is 2.27. The molecule has 0 saturated heterocycles. The van der Waals surface area contributed by atoms with Crippen molar-refractivity contribution < 1.29 is 14.7 Å². The molecule has 3 rings (SSSR count).